The zero-order valence-corrected chi connectivity index (χ0v) is 10.7. The number of alkyl halides is 5. The third-order valence-electron chi connectivity index (χ3n) is 2.63. The predicted octanol–water partition coefficient (Wildman–Crippen LogP) is 3.25. The molecule has 2 nitrogen and oxygen atoms in total. The Balaban J connectivity index is 2.44. The van der Waals surface area contributed by atoms with Crippen LogP contribution >= 0.6 is 0 Å². The lowest BCUT2D eigenvalue weighted by atomic mass is 10.0. The lowest BCUT2D eigenvalue weighted by Gasteiger charge is -2.13. The summed E-state index contributed by atoms with van der Waals surface area (Å²) in [7, 11) is 0. The molecule has 0 radical (unpaired) electrons. The summed E-state index contributed by atoms with van der Waals surface area (Å²) in [6.45, 7) is -0.596. The number of rotatable bonds is 7. The molecule has 1 unspecified atom stereocenters. The van der Waals surface area contributed by atoms with Gasteiger partial charge in [-0.1, -0.05) is 18.2 Å². The largest absolute Gasteiger partial charge is 0.416 e. The van der Waals surface area contributed by atoms with Gasteiger partial charge in [-0.2, -0.15) is 13.2 Å². The van der Waals surface area contributed by atoms with E-state index in [0.29, 0.717) is 12.0 Å². The summed E-state index contributed by atoms with van der Waals surface area (Å²) in [6, 6.07) is 4.46. The van der Waals surface area contributed by atoms with Gasteiger partial charge in [0.05, 0.1) is 5.56 Å². The number of ether oxygens (including phenoxy) is 1. The van der Waals surface area contributed by atoms with Crippen LogP contribution in [0.2, 0.25) is 0 Å². The van der Waals surface area contributed by atoms with Gasteiger partial charge in [-0.05, 0) is 24.5 Å². The first-order chi connectivity index (χ1) is 9.29. The summed E-state index contributed by atoms with van der Waals surface area (Å²) in [6.07, 6.45) is -6.37. The van der Waals surface area contributed by atoms with Gasteiger partial charge in [-0.15, -0.1) is 0 Å². The van der Waals surface area contributed by atoms with E-state index in [2.05, 4.69) is 4.74 Å². The van der Waals surface area contributed by atoms with Crippen molar-refractivity contribution in [1.29, 1.82) is 0 Å². The topological polar surface area (TPSA) is 35.2 Å². The first kappa shape index (κ1) is 16.8. The van der Waals surface area contributed by atoms with Gasteiger partial charge in [0.1, 0.15) is 6.61 Å². The third-order valence-corrected chi connectivity index (χ3v) is 2.63. The second-order valence-corrected chi connectivity index (χ2v) is 4.42. The van der Waals surface area contributed by atoms with E-state index >= 15 is 0 Å². The number of benzene rings is 1. The Hall–Kier alpha value is -1.21. The molecule has 1 rings (SSSR count). The zero-order chi connectivity index (χ0) is 15.2. The van der Waals surface area contributed by atoms with Crippen molar-refractivity contribution >= 4 is 0 Å². The Labute approximate surface area is 113 Å². The number of hydrogen-bond donors (Lipinski definition) is 1. The minimum absolute atomic E-state index is 0.0600. The standard InChI is InChI=1S/C13H16F5NO/c14-12(15)8-20-5-4-11(19)7-9-2-1-3-10(6-9)13(16,17)18/h1-3,6,11-12H,4-5,7-8,19H2. The SMILES string of the molecule is NC(CCOCC(F)F)Cc1cccc(C(F)(F)F)c1. The summed E-state index contributed by atoms with van der Waals surface area (Å²) in [5.41, 5.74) is 5.47. The minimum Gasteiger partial charge on any atom is -0.375 e. The van der Waals surface area contributed by atoms with E-state index in [1.165, 1.54) is 6.07 Å². The molecule has 1 aromatic carbocycles. The lowest BCUT2D eigenvalue weighted by molar-refractivity contribution is -0.137. The van der Waals surface area contributed by atoms with Crippen molar-refractivity contribution in [2.24, 2.45) is 5.73 Å². The number of halogens is 5. The smallest absolute Gasteiger partial charge is 0.375 e. The molecule has 0 aliphatic heterocycles. The lowest BCUT2D eigenvalue weighted by Crippen LogP contribution is -2.25. The van der Waals surface area contributed by atoms with E-state index in [1.807, 2.05) is 0 Å². The molecular formula is C13H16F5NO. The molecular weight excluding hydrogens is 281 g/mol. The normalized spacial score (nSPS) is 13.8. The highest BCUT2D eigenvalue weighted by Crippen LogP contribution is 2.29. The minimum atomic E-state index is -4.39. The zero-order valence-electron chi connectivity index (χ0n) is 10.7. The van der Waals surface area contributed by atoms with E-state index in [0.717, 1.165) is 12.1 Å². The van der Waals surface area contributed by atoms with Crippen LogP contribution in [0.5, 0.6) is 0 Å². The molecule has 0 bridgehead atoms. The van der Waals surface area contributed by atoms with Crippen LogP contribution in [0.3, 0.4) is 0 Å². The fourth-order valence-electron chi connectivity index (χ4n) is 1.69. The second-order valence-electron chi connectivity index (χ2n) is 4.42. The summed E-state index contributed by atoms with van der Waals surface area (Å²) in [5, 5.41) is 0. The molecule has 0 aliphatic carbocycles. The molecule has 7 heteroatoms. The van der Waals surface area contributed by atoms with E-state index in [-0.39, 0.29) is 13.0 Å². The van der Waals surface area contributed by atoms with Crippen LogP contribution in [0.15, 0.2) is 24.3 Å². The first-order valence-electron chi connectivity index (χ1n) is 6.06. The van der Waals surface area contributed by atoms with E-state index in [1.54, 1.807) is 6.07 Å². The Kier molecular flexibility index (Phi) is 6.35. The maximum absolute atomic E-state index is 12.5. The monoisotopic (exact) mass is 297 g/mol. The van der Waals surface area contributed by atoms with Crippen molar-refractivity contribution in [2.45, 2.75) is 31.5 Å². The summed E-state index contributed by atoms with van der Waals surface area (Å²) in [4.78, 5) is 0. The van der Waals surface area contributed by atoms with Crippen molar-refractivity contribution in [3.63, 3.8) is 0 Å². The van der Waals surface area contributed by atoms with E-state index < -0.39 is 30.8 Å². The highest BCUT2D eigenvalue weighted by atomic mass is 19.4. The van der Waals surface area contributed by atoms with Crippen LogP contribution in [-0.2, 0) is 17.3 Å². The van der Waals surface area contributed by atoms with Gasteiger partial charge in [0.15, 0.2) is 0 Å². The third kappa shape index (κ3) is 6.29. The summed E-state index contributed by atoms with van der Waals surface area (Å²) in [5.74, 6) is 0. The Bertz CT molecular complexity index is 408. The van der Waals surface area contributed by atoms with E-state index in [9.17, 15) is 22.0 Å². The highest BCUT2D eigenvalue weighted by molar-refractivity contribution is 5.26. The van der Waals surface area contributed by atoms with Crippen LogP contribution in [0.25, 0.3) is 0 Å². The molecule has 0 spiro atoms. The highest BCUT2D eigenvalue weighted by Gasteiger charge is 2.30. The fraction of sp³-hybridized carbons (Fsp3) is 0.538. The molecule has 0 fully saturated rings. The van der Waals surface area contributed by atoms with Crippen LogP contribution in [0.4, 0.5) is 22.0 Å². The molecule has 2 N–H and O–H groups in total. The van der Waals surface area contributed by atoms with Gasteiger partial charge in [-0.25, -0.2) is 8.78 Å². The fourth-order valence-corrected chi connectivity index (χ4v) is 1.69. The van der Waals surface area contributed by atoms with Crippen LogP contribution in [-0.4, -0.2) is 25.7 Å². The van der Waals surface area contributed by atoms with Gasteiger partial charge in [0, 0.05) is 12.6 Å². The Morgan fingerprint density at radius 2 is 1.90 bits per heavy atom. The molecule has 1 atom stereocenters. The predicted molar refractivity (Wildman–Crippen MR) is 64.6 cm³/mol. The Morgan fingerprint density at radius 3 is 2.50 bits per heavy atom. The molecule has 20 heavy (non-hydrogen) atoms. The maximum Gasteiger partial charge on any atom is 0.416 e. The molecule has 0 saturated carbocycles. The maximum atomic E-state index is 12.5. The van der Waals surface area contributed by atoms with Crippen LogP contribution in [0.1, 0.15) is 17.5 Å². The molecule has 0 heterocycles. The molecule has 0 amide bonds. The molecule has 1 aromatic rings. The molecule has 0 aliphatic rings. The molecule has 114 valence electrons. The molecule has 0 aromatic heterocycles. The van der Waals surface area contributed by atoms with Crippen molar-refractivity contribution in [2.75, 3.05) is 13.2 Å². The second kappa shape index (κ2) is 7.54. The van der Waals surface area contributed by atoms with Crippen LogP contribution < -0.4 is 5.73 Å². The average Bonchev–Trinajstić information content (AvgIpc) is 2.34. The van der Waals surface area contributed by atoms with Crippen molar-refractivity contribution in [3.8, 4) is 0 Å². The van der Waals surface area contributed by atoms with Gasteiger partial charge in [0.25, 0.3) is 6.43 Å². The van der Waals surface area contributed by atoms with Crippen LogP contribution in [0, 0.1) is 0 Å². The molecule has 0 saturated heterocycles. The quantitative estimate of drug-likeness (QED) is 0.619. The summed E-state index contributed by atoms with van der Waals surface area (Å²) >= 11 is 0. The summed E-state index contributed by atoms with van der Waals surface area (Å²) < 4.78 is 65.8. The van der Waals surface area contributed by atoms with E-state index in [4.69, 9.17) is 5.73 Å². The van der Waals surface area contributed by atoms with Gasteiger partial charge < -0.3 is 10.5 Å². The van der Waals surface area contributed by atoms with Crippen molar-refractivity contribution in [3.05, 3.63) is 35.4 Å². The number of nitrogens with two attached hydrogens (primary N) is 1. The number of hydrogen-bond acceptors (Lipinski definition) is 2. The first-order valence-corrected chi connectivity index (χ1v) is 6.06. The van der Waals surface area contributed by atoms with Crippen molar-refractivity contribution in [1.82, 2.24) is 0 Å². The average molecular weight is 297 g/mol. The van der Waals surface area contributed by atoms with Gasteiger partial charge in [-0.3, -0.25) is 0 Å². The van der Waals surface area contributed by atoms with Gasteiger partial charge in [0.2, 0.25) is 0 Å². The van der Waals surface area contributed by atoms with Gasteiger partial charge >= 0.3 is 6.18 Å². The van der Waals surface area contributed by atoms with Crippen molar-refractivity contribution < 1.29 is 26.7 Å². The Morgan fingerprint density at radius 1 is 1.20 bits per heavy atom.